The fourth-order valence-electron chi connectivity index (χ4n) is 7.86. The molecule has 6 aromatic rings. The minimum atomic E-state index is -0.847. The van der Waals surface area contributed by atoms with Crippen LogP contribution in [-0.2, 0) is 22.4 Å². The molecule has 8 rings (SSSR count). The second-order valence-corrected chi connectivity index (χ2v) is 17.5. The highest BCUT2D eigenvalue weighted by Gasteiger charge is 2.27. The molecule has 0 bridgehead atoms. The normalized spacial score (nSPS) is 15.0. The number of rotatable bonds is 14. The number of ether oxygens (including phenoxy) is 2. The number of nitrogens with one attached hydrogen (secondary N) is 2. The van der Waals surface area contributed by atoms with Crippen molar-refractivity contribution in [3.8, 4) is 53.5 Å². The molecule has 0 fully saturated rings. The molecule has 0 aliphatic heterocycles. The molecule has 2 aliphatic carbocycles. The summed E-state index contributed by atoms with van der Waals surface area (Å²) in [6.07, 6.45) is 7.35. The van der Waals surface area contributed by atoms with Crippen molar-refractivity contribution < 1.29 is 29.3 Å². The summed E-state index contributed by atoms with van der Waals surface area (Å²) in [6.45, 7) is 22.6. The van der Waals surface area contributed by atoms with Crippen molar-refractivity contribution in [2.75, 3.05) is 13.1 Å². The topological polar surface area (TPSA) is 152 Å². The van der Waals surface area contributed by atoms with Gasteiger partial charge in [-0.1, -0.05) is 48.5 Å². The molecule has 12 nitrogen and oxygen atoms in total. The van der Waals surface area contributed by atoms with Crippen LogP contribution >= 0.6 is 22.7 Å². The molecule has 2 aliphatic rings. The molecule has 14 heteroatoms. The lowest BCUT2D eigenvalue weighted by Gasteiger charge is -2.13. The number of carboxylic acid groups (broad SMARTS) is 2. The molecule has 0 unspecified atom stereocenters. The fourth-order valence-corrected chi connectivity index (χ4v) is 9.79. The molecular weight excluding hydrogens is 821 g/mol. The van der Waals surface area contributed by atoms with E-state index in [-0.39, 0.29) is 37.4 Å². The number of thiazole rings is 2. The molecule has 316 valence electrons. The van der Waals surface area contributed by atoms with E-state index in [1.165, 1.54) is 22.3 Å². The van der Waals surface area contributed by atoms with Crippen LogP contribution in [0.2, 0.25) is 0 Å². The van der Waals surface area contributed by atoms with Crippen molar-refractivity contribution in [1.29, 1.82) is 0 Å². The molecular formula is C48H46N6O6S2. The second kappa shape index (κ2) is 19.5. The predicted octanol–water partition coefficient (Wildman–Crippen LogP) is 11.0. The van der Waals surface area contributed by atoms with Gasteiger partial charge in [-0.15, -0.1) is 22.7 Å². The van der Waals surface area contributed by atoms with E-state index in [0.717, 1.165) is 67.7 Å². The van der Waals surface area contributed by atoms with Gasteiger partial charge in [0.05, 0.1) is 48.2 Å². The van der Waals surface area contributed by atoms with Gasteiger partial charge in [-0.25, -0.2) is 19.7 Å². The fraction of sp³-hybridized carbons (Fsp3) is 0.292. The van der Waals surface area contributed by atoms with Gasteiger partial charge in [0, 0.05) is 35.6 Å². The third-order valence-electron chi connectivity index (χ3n) is 10.5. The van der Waals surface area contributed by atoms with Crippen LogP contribution in [-0.4, -0.2) is 57.4 Å². The Morgan fingerprint density at radius 1 is 0.694 bits per heavy atom. The SMILES string of the molecule is [C-]#[N+]c1cc(-c2ncc(-c3cccc4c3CC[C@H]4NCC(=O)O)s2)ccc1OC(C)C.[C-]#[N+]c1cc(-c2ncc(-c3cccc4c3CC[C@H]4NCC(=O)O)s2)ccc1OC(C)C. The largest absolute Gasteiger partial charge is 0.502 e. The molecule has 0 spiro atoms. The maximum atomic E-state index is 10.9. The molecule has 2 heterocycles. The lowest BCUT2D eigenvalue weighted by molar-refractivity contribution is -0.137. The number of nitrogens with zero attached hydrogens (tertiary/aromatic N) is 4. The van der Waals surface area contributed by atoms with Crippen molar-refractivity contribution in [2.45, 2.75) is 77.7 Å². The minimum absolute atomic E-state index is 0.00630. The highest BCUT2D eigenvalue weighted by molar-refractivity contribution is 7.18. The minimum Gasteiger partial charge on any atom is -0.502 e. The molecule has 2 aromatic heterocycles. The number of carbonyl (C=O) groups is 2. The Labute approximate surface area is 368 Å². The molecule has 2 atom stereocenters. The van der Waals surface area contributed by atoms with Gasteiger partial charge in [-0.05, 0) is 111 Å². The Morgan fingerprint density at radius 3 is 1.48 bits per heavy atom. The van der Waals surface area contributed by atoms with Gasteiger partial charge in [0.1, 0.15) is 21.5 Å². The number of aromatic nitrogens is 2. The van der Waals surface area contributed by atoms with Gasteiger partial charge < -0.3 is 30.3 Å². The molecule has 0 saturated heterocycles. The zero-order valence-corrected chi connectivity index (χ0v) is 36.4. The Balaban J connectivity index is 0.000000186. The summed E-state index contributed by atoms with van der Waals surface area (Å²) in [6, 6.07) is 23.7. The summed E-state index contributed by atoms with van der Waals surface area (Å²) >= 11 is 3.19. The summed E-state index contributed by atoms with van der Waals surface area (Å²) in [4.78, 5) is 40.4. The predicted molar refractivity (Wildman–Crippen MR) is 243 cm³/mol. The highest BCUT2D eigenvalue weighted by Crippen LogP contribution is 2.44. The summed E-state index contributed by atoms with van der Waals surface area (Å²) in [5, 5.41) is 25.9. The lowest BCUT2D eigenvalue weighted by atomic mass is 10.0. The maximum absolute atomic E-state index is 10.9. The summed E-state index contributed by atoms with van der Waals surface area (Å²) in [7, 11) is 0. The van der Waals surface area contributed by atoms with E-state index in [2.05, 4.69) is 54.6 Å². The summed E-state index contributed by atoms with van der Waals surface area (Å²) in [5.74, 6) is -0.516. The van der Waals surface area contributed by atoms with E-state index in [4.69, 9.17) is 32.8 Å². The van der Waals surface area contributed by atoms with Crippen molar-refractivity contribution in [3.05, 3.63) is 130 Å². The van der Waals surface area contributed by atoms with E-state index in [9.17, 15) is 9.59 Å². The third-order valence-corrected chi connectivity index (χ3v) is 12.6. The monoisotopic (exact) mass is 866 g/mol. The lowest BCUT2D eigenvalue weighted by Crippen LogP contribution is -2.25. The van der Waals surface area contributed by atoms with Crippen molar-refractivity contribution in [2.24, 2.45) is 0 Å². The van der Waals surface area contributed by atoms with E-state index in [1.807, 2.05) is 88.6 Å². The average Bonchev–Trinajstić information content (AvgIpc) is 4.09. The summed E-state index contributed by atoms with van der Waals surface area (Å²) < 4.78 is 11.4. The average molecular weight is 867 g/mol. The van der Waals surface area contributed by atoms with E-state index >= 15 is 0 Å². The summed E-state index contributed by atoms with van der Waals surface area (Å²) in [5.41, 5.74) is 9.88. The van der Waals surface area contributed by atoms with Crippen LogP contribution in [0.25, 0.3) is 51.7 Å². The van der Waals surface area contributed by atoms with E-state index in [1.54, 1.807) is 22.7 Å². The number of aliphatic carboxylic acids is 2. The van der Waals surface area contributed by atoms with Crippen LogP contribution in [0.1, 0.15) is 74.9 Å². The Bertz CT molecular complexity index is 2510. The number of carboxylic acids is 2. The first-order valence-electron chi connectivity index (χ1n) is 20.4. The first-order valence-corrected chi connectivity index (χ1v) is 22.0. The van der Waals surface area contributed by atoms with Gasteiger partial charge in [0.25, 0.3) is 0 Å². The van der Waals surface area contributed by atoms with Crippen LogP contribution in [0.5, 0.6) is 11.5 Å². The van der Waals surface area contributed by atoms with Crippen LogP contribution in [0.15, 0.2) is 85.2 Å². The van der Waals surface area contributed by atoms with Gasteiger partial charge in [0.15, 0.2) is 0 Å². The number of hydrogen-bond acceptors (Lipinski definition) is 10. The van der Waals surface area contributed by atoms with Crippen molar-refractivity contribution >= 4 is 46.0 Å². The number of benzene rings is 4. The maximum Gasteiger partial charge on any atom is 0.317 e. The number of hydrogen-bond donors (Lipinski definition) is 4. The third kappa shape index (κ3) is 10.0. The van der Waals surface area contributed by atoms with E-state index in [0.29, 0.717) is 22.9 Å². The Hall–Kier alpha value is -6.42. The van der Waals surface area contributed by atoms with Gasteiger partial charge in [-0.3, -0.25) is 9.59 Å². The van der Waals surface area contributed by atoms with Crippen LogP contribution in [0.4, 0.5) is 11.4 Å². The zero-order chi connectivity index (χ0) is 43.9. The molecule has 0 saturated carbocycles. The standard InChI is InChI=1S/2C24H23N3O3S/c2*1-14(2)30-21-10-7-15(11-20(21)25-3)24-27-12-22(31-24)18-6-4-5-17-16(18)8-9-19(17)26-13-23(28)29/h2*4-7,10-12,14,19,26H,8-9,13H2,1-2H3,(H,28,29)/t2*19-/m11/s1. The zero-order valence-electron chi connectivity index (χ0n) is 34.8. The van der Waals surface area contributed by atoms with Crippen LogP contribution in [0.3, 0.4) is 0 Å². The van der Waals surface area contributed by atoms with Gasteiger partial charge in [-0.2, -0.15) is 0 Å². The molecule has 62 heavy (non-hydrogen) atoms. The molecule has 0 amide bonds. The smallest absolute Gasteiger partial charge is 0.317 e. The highest BCUT2D eigenvalue weighted by atomic mass is 32.1. The van der Waals surface area contributed by atoms with Crippen LogP contribution in [0, 0.1) is 13.1 Å². The second-order valence-electron chi connectivity index (χ2n) is 15.5. The molecule has 0 radical (unpaired) electrons. The molecule has 4 N–H and O–H groups in total. The van der Waals surface area contributed by atoms with Crippen LogP contribution < -0.4 is 20.1 Å². The van der Waals surface area contributed by atoms with Crippen molar-refractivity contribution in [3.63, 3.8) is 0 Å². The quantitative estimate of drug-likeness (QED) is 0.0779. The van der Waals surface area contributed by atoms with Gasteiger partial charge >= 0.3 is 11.9 Å². The number of fused-ring (bicyclic) bond motifs is 2. The van der Waals surface area contributed by atoms with Gasteiger partial charge in [0.2, 0.25) is 11.4 Å². The van der Waals surface area contributed by atoms with Crippen molar-refractivity contribution in [1.82, 2.24) is 20.6 Å². The van der Waals surface area contributed by atoms with E-state index < -0.39 is 11.9 Å². The first kappa shape index (κ1) is 43.7. The Kier molecular flexibility index (Phi) is 13.8. The molecule has 4 aromatic carbocycles. The Morgan fingerprint density at radius 2 is 1.11 bits per heavy atom. The first-order chi connectivity index (χ1) is 29.9.